The number of aryl methyl sites for hydroxylation is 2. The molecule has 0 aliphatic rings. The minimum Gasteiger partial charge on any atom is -0.319 e. The summed E-state index contributed by atoms with van der Waals surface area (Å²) >= 11 is 9.89. The van der Waals surface area contributed by atoms with Crippen LogP contribution >= 0.6 is 27.5 Å². The molecular weight excluding hydrogens is 350 g/mol. The minimum absolute atomic E-state index is 0.490. The van der Waals surface area contributed by atoms with Crippen molar-refractivity contribution >= 4 is 27.5 Å². The molecule has 1 heterocycles. The molecule has 2 aromatic rings. The third kappa shape index (κ3) is 4.31. The van der Waals surface area contributed by atoms with Gasteiger partial charge in [-0.1, -0.05) is 39.7 Å². The lowest BCUT2D eigenvalue weighted by Crippen LogP contribution is -2.23. The Kier molecular flexibility index (Phi) is 5.85. The van der Waals surface area contributed by atoms with Gasteiger partial charge in [0.1, 0.15) is 5.15 Å². The van der Waals surface area contributed by atoms with Crippen LogP contribution in [0.25, 0.3) is 0 Å². The number of hydrogen-bond donors (Lipinski definition) is 1. The Morgan fingerprint density at radius 1 is 1.38 bits per heavy atom. The zero-order valence-electron chi connectivity index (χ0n) is 12.7. The quantitative estimate of drug-likeness (QED) is 0.839. The Morgan fingerprint density at radius 3 is 2.71 bits per heavy atom. The van der Waals surface area contributed by atoms with E-state index in [0.717, 1.165) is 40.3 Å². The highest BCUT2D eigenvalue weighted by atomic mass is 79.9. The number of halogens is 2. The fourth-order valence-electron chi connectivity index (χ4n) is 2.70. The highest BCUT2D eigenvalue weighted by Crippen LogP contribution is 2.24. The van der Waals surface area contributed by atoms with Crippen LogP contribution in [0.3, 0.4) is 0 Å². The molecule has 0 amide bonds. The van der Waals surface area contributed by atoms with Gasteiger partial charge in [0.05, 0.1) is 5.69 Å². The van der Waals surface area contributed by atoms with E-state index in [4.69, 9.17) is 11.6 Å². The Labute approximate surface area is 139 Å². The molecule has 1 aromatic heterocycles. The van der Waals surface area contributed by atoms with Crippen LogP contribution in [0.4, 0.5) is 0 Å². The van der Waals surface area contributed by atoms with Gasteiger partial charge in [0, 0.05) is 17.1 Å². The number of aromatic nitrogens is 2. The summed E-state index contributed by atoms with van der Waals surface area (Å²) in [5.41, 5.74) is 3.52. The monoisotopic (exact) mass is 369 g/mol. The molecule has 0 radical (unpaired) electrons. The number of nitrogens with zero attached hydrogens (tertiary/aromatic N) is 2. The number of rotatable bonds is 6. The zero-order valence-corrected chi connectivity index (χ0v) is 15.0. The standard InChI is InChI=1S/C16H21BrClN3/c1-11-15(16(18)21(3)20-11)9-13(10-19-2)7-12-5-4-6-14(17)8-12/h4-6,8,13,19H,7,9-10H2,1-3H3. The first-order valence-corrected chi connectivity index (χ1v) is 8.25. The van der Waals surface area contributed by atoms with E-state index in [2.05, 4.69) is 50.6 Å². The van der Waals surface area contributed by atoms with Gasteiger partial charge in [0.2, 0.25) is 0 Å². The van der Waals surface area contributed by atoms with Gasteiger partial charge < -0.3 is 5.32 Å². The second kappa shape index (κ2) is 7.43. The maximum Gasteiger partial charge on any atom is 0.130 e. The van der Waals surface area contributed by atoms with Gasteiger partial charge >= 0.3 is 0 Å². The van der Waals surface area contributed by atoms with Gasteiger partial charge in [-0.05, 0) is 57.0 Å². The van der Waals surface area contributed by atoms with Crippen LogP contribution in [0.1, 0.15) is 16.8 Å². The topological polar surface area (TPSA) is 29.9 Å². The van der Waals surface area contributed by atoms with E-state index in [9.17, 15) is 0 Å². The normalized spacial score (nSPS) is 12.6. The summed E-state index contributed by atoms with van der Waals surface area (Å²) in [6.45, 7) is 2.98. The van der Waals surface area contributed by atoms with E-state index < -0.39 is 0 Å². The molecule has 0 saturated heterocycles. The van der Waals surface area contributed by atoms with Crippen LogP contribution in [-0.2, 0) is 19.9 Å². The lowest BCUT2D eigenvalue weighted by Gasteiger charge is -2.17. The molecule has 0 aliphatic heterocycles. The molecule has 5 heteroatoms. The molecule has 1 N–H and O–H groups in total. The van der Waals surface area contributed by atoms with Crippen molar-refractivity contribution in [3.8, 4) is 0 Å². The lowest BCUT2D eigenvalue weighted by molar-refractivity contribution is 0.492. The van der Waals surface area contributed by atoms with Gasteiger partial charge in [-0.25, -0.2) is 0 Å². The molecule has 21 heavy (non-hydrogen) atoms. The van der Waals surface area contributed by atoms with Crippen LogP contribution in [0.15, 0.2) is 28.7 Å². The Morgan fingerprint density at radius 2 is 2.14 bits per heavy atom. The van der Waals surface area contributed by atoms with Crippen molar-refractivity contribution in [2.75, 3.05) is 13.6 Å². The van der Waals surface area contributed by atoms with Gasteiger partial charge in [-0.15, -0.1) is 0 Å². The second-order valence-electron chi connectivity index (χ2n) is 5.44. The molecule has 0 spiro atoms. The van der Waals surface area contributed by atoms with Crippen LogP contribution in [0, 0.1) is 12.8 Å². The minimum atomic E-state index is 0.490. The number of nitrogens with one attached hydrogen (secondary N) is 1. The average molecular weight is 371 g/mol. The molecule has 1 atom stereocenters. The molecule has 2 rings (SSSR count). The van der Waals surface area contributed by atoms with E-state index in [1.165, 1.54) is 5.56 Å². The largest absolute Gasteiger partial charge is 0.319 e. The predicted octanol–water partition coefficient (Wildman–Crippen LogP) is 3.77. The van der Waals surface area contributed by atoms with Gasteiger partial charge in [-0.2, -0.15) is 5.10 Å². The zero-order chi connectivity index (χ0) is 15.4. The highest BCUT2D eigenvalue weighted by Gasteiger charge is 2.17. The van der Waals surface area contributed by atoms with Crippen molar-refractivity contribution in [1.82, 2.24) is 15.1 Å². The molecule has 0 saturated carbocycles. The van der Waals surface area contributed by atoms with Crippen molar-refractivity contribution < 1.29 is 0 Å². The molecule has 0 aliphatic carbocycles. The predicted molar refractivity (Wildman–Crippen MR) is 91.9 cm³/mol. The maximum atomic E-state index is 6.36. The first-order chi connectivity index (χ1) is 10.0. The van der Waals surface area contributed by atoms with E-state index in [-0.39, 0.29) is 0 Å². The molecule has 3 nitrogen and oxygen atoms in total. The smallest absolute Gasteiger partial charge is 0.130 e. The molecular formula is C16H21BrClN3. The Balaban J connectivity index is 2.15. The summed E-state index contributed by atoms with van der Waals surface area (Å²) in [5, 5.41) is 8.44. The van der Waals surface area contributed by atoms with Crippen molar-refractivity contribution in [2.24, 2.45) is 13.0 Å². The third-order valence-corrected chi connectivity index (χ3v) is 4.63. The Hall–Kier alpha value is -0.840. The first kappa shape index (κ1) is 16.5. The van der Waals surface area contributed by atoms with E-state index in [0.29, 0.717) is 5.92 Å². The average Bonchev–Trinajstić information content (AvgIpc) is 2.66. The van der Waals surface area contributed by atoms with Crippen molar-refractivity contribution in [3.05, 3.63) is 50.7 Å². The van der Waals surface area contributed by atoms with E-state index >= 15 is 0 Å². The highest BCUT2D eigenvalue weighted by molar-refractivity contribution is 9.10. The van der Waals surface area contributed by atoms with Gasteiger partial charge in [0.25, 0.3) is 0 Å². The molecule has 1 aromatic carbocycles. The van der Waals surface area contributed by atoms with Gasteiger partial charge in [0.15, 0.2) is 0 Å². The van der Waals surface area contributed by atoms with E-state index in [1.807, 2.05) is 21.0 Å². The fourth-order valence-corrected chi connectivity index (χ4v) is 3.40. The van der Waals surface area contributed by atoms with Crippen LogP contribution in [0.2, 0.25) is 5.15 Å². The number of hydrogen-bond acceptors (Lipinski definition) is 2. The SMILES string of the molecule is CNCC(Cc1cccc(Br)c1)Cc1c(C)nn(C)c1Cl. The van der Waals surface area contributed by atoms with Crippen LogP contribution < -0.4 is 5.32 Å². The Bertz CT molecular complexity index is 610. The van der Waals surface area contributed by atoms with Crippen LogP contribution in [-0.4, -0.2) is 23.4 Å². The summed E-state index contributed by atoms with van der Waals surface area (Å²) in [5.74, 6) is 0.490. The van der Waals surface area contributed by atoms with E-state index in [1.54, 1.807) is 4.68 Å². The maximum absolute atomic E-state index is 6.36. The molecule has 1 unspecified atom stereocenters. The fraction of sp³-hybridized carbons (Fsp3) is 0.438. The number of benzene rings is 1. The van der Waals surface area contributed by atoms with Crippen molar-refractivity contribution in [2.45, 2.75) is 19.8 Å². The third-order valence-electron chi connectivity index (χ3n) is 3.67. The summed E-state index contributed by atoms with van der Waals surface area (Å²) in [6.07, 6.45) is 1.96. The summed E-state index contributed by atoms with van der Waals surface area (Å²) in [4.78, 5) is 0. The molecule has 114 valence electrons. The lowest BCUT2D eigenvalue weighted by atomic mass is 9.92. The molecule has 0 fully saturated rings. The van der Waals surface area contributed by atoms with Crippen molar-refractivity contribution in [3.63, 3.8) is 0 Å². The summed E-state index contributed by atoms with van der Waals surface area (Å²) in [6, 6.07) is 8.49. The molecule has 0 bridgehead atoms. The van der Waals surface area contributed by atoms with Crippen molar-refractivity contribution in [1.29, 1.82) is 0 Å². The summed E-state index contributed by atoms with van der Waals surface area (Å²) < 4.78 is 2.88. The van der Waals surface area contributed by atoms with Crippen LogP contribution in [0.5, 0.6) is 0 Å². The summed E-state index contributed by atoms with van der Waals surface area (Å²) in [7, 11) is 3.88. The first-order valence-electron chi connectivity index (χ1n) is 7.08. The van der Waals surface area contributed by atoms with Gasteiger partial charge in [-0.3, -0.25) is 4.68 Å². The second-order valence-corrected chi connectivity index (χ2v) is 6.71.